The van der Waals surface area contributed by atoms with E-state index in [0.29, 0.717) is 16.3 Å². The van der Waals surface area contributed by atoms with Crippen molar-refractivity contribution < 1.29 is 16.8 Å². The molecule has 45 heavy (non-hydrogen) atoms. The molecular weight excluding hydrogens is 544 g/mol. The molecule has 0 fully saturated rings. The molecule has 0 amide bonds. The van der Waals surface area contributed by atoms with Crippen LogP contribution in [0.4, 0.5) is 0 Å². The molecule has 0 unspecified atom stereocenters. The summed E-state index contributed by atoms with van der Waals surface area (Å²) < 4.78 is 86.6. The second kappa shape index (κ2) is 9.29. The zero-order valence-electron chi connectivity index (χ0n) is 32.7. The van der Waals surface area contributed by atoms with Crippen LogP contribution in [0.1, 0.15) is 12.3 Å². The monoisotopic (exact) mass is 579 g/mol. The maximum absolute atomic E-state index is 9.75. The number of fused-ring (bicyclic) bond motifs is 9. The maximum Gasteiger partial charge on any atom is 0.136 e. The number of hydrogen-bond acceptors (Lipinski definition) is 1. The van der Waals surface area contributed by atoms with E-state index in [1.54, 1.807) is 0 Å². The molecule has 0 N–H and O–H groups in total. The van der Waals surface area contributed by atoms with Crippen molar-refractivity contribution >= 4 is 75.8 Å². The summed E-state index contributed by atoms with van der Waals surface area (Å²) in [6, 6.07) is 29.9. The average molecular weight is 580 g/mol. The Hall–Kier alpha value is -5.92. The van der Waals surface area contributed by atoms with E-state index in [2.05, 4.69) is 30.3 Å². The third-order valence-electron chi connectivity index (χ3n) is 8.94. The Morgan fingerprint density at radius 1 is 0.400 bits per heavy atom. The fourth-order valence-electron chi connectivity index (χ4n) is 7.06. The minimum absolute atomic E-state index is 0.0291. The van der Waals surface area contributed by atoms with Crippen molar-refractivity contribution in [3.63, 3.8) is 0 Å². The van der Waals surface area contributed by atoms with Crippen molar-refractivity contribution in [2.45, 2.75) is 0 Å². The van der Waals surface area contributed by atoms with Crippen molar-refractivity contribution in [1.29, 1.82) is 0 Å². The number of benzene rings is 9. The SMILES string of the molecule is [2H]c1c([2H])c([2H])c2c(c1[2H])c([2H])c(-c1c3ccccc3c(-c3cccc4oc5cc6ccccc6cc5c34)c3ccccc13)c1c([2H])c([2H])c([2H])c([2H])c12. The summed E-state index contributed by atoms with van der Waals surface area (Å²) >= 11 is 0. The van der Waals surface area contributed by atoms with E-state index in [-0.39, 0.29) is 39.2 Å². The fraction of sp³-hybridized carbons (Fsp3) is 0. The molecule has 0 aliphatic carbocycles. The smallest absolute Gasteiger partial charge is 0.136 e. The lowest BCUT2D eigenvalue weighted by molar-refractivity contribution is 0.669. The molecule has 1 aromatic heterocycles. The summed E-state index contributed by atoms with van der Waals surface area (Å²) in [6.07, 6.45) is 0. The number of furan rings is 1. The van der Waals surface area contributed by atoms with Crippen molar-refractivity contribution in [3.05, 3.63) is 158 Å². The zero-order valence-corrected chi connectivity index (χ0v) is 23.7. The van der Waals surface area contributed by atoms with Crippen LogP contribution < -0.4 is 0 Å². The van der Waals surface area contributed by atoms with Gasteiger partial charge in [0.15, 0.2) is 0 Å². The van der Waals surface area contributed by atoms with Crippen LogP contribution in [-0.4, -0.2) is 0 Å². The average Bonchev–Trinajstić information content (AvgIpc) is 3.56. The topological polar surface area (TPSA) is 13.1 Å². The van der Waals surface area contributed by atoms with Gasteiger partial charge < -0.3 is 4.42 Å². The van der Waals surface area contributed by atoms with Gasteiger partial charge in [-0.2, -0.15) is 0 Å². The molecule has 10 rings (SSSR count). The van der Waals surface area contributed by atoms with E-state index >= 15 is 0 Å². The van der Waals surface area contributed by atoms with Crippen molar-refractivity contribution in [1.82, 2.24) is 0 Å². The van der Waals surface area contributed by atoms with Crippen LogP contribution in [0, 0.1) is 0 Å². The van der Waals surface area contributed by atoms with Gasteiger partial charge in [-0.3, -0.25) is 0 Å². The number of rotatable bonds is 2. The van der Waals surface area contributed by atoms with Crippen molar-refractivity contribution in [3.8, 4) is 22.3 Å². The number of hydrogen-bond donors (Lipinski definition) is 0. The van der Waals surface area contributed by atoms with Crippen LogP contribution >= 0.6 is 0 Å². The van der Waals surface area contributed by atoms with Gasteiger partial charge in [0, 0.05) is 10.8 Å². The van der Waals surface area contributed by atoms with Crippen LogP contribution in [0.3, 0.4) is 0 Å². The normalized spacial score (nSPS) is 14.8. The first-order valence-electron chi connectivity index (χ1n) is 19.3. The Bertz CT molecular complexity index is 3270. The van der Waals surface area contributed by atoms with E-state index in [1.807, 2.05) is 72.8 Å². The third kappa shape index (κ3) is 3.50. The minimum Gasteiger partial charge on any atom is -0.456 e. The van der Waals surface area contributed by atoms with Gasteiger partial charge in [-0.25, -0.2) is 0 Å². The van der Waals surface area contributed by atoms with Gasteiger partial charge in [0.1, 0.15) is 11.2 Å². The van der Waals surface area contributed by atoms with Crippen LogP contribution in [0.5, 0.6) is 0 Å². The van der Waals surface area contributed by atoms with Gasteiger partial charge in [0.05, 0.1) is 12.3 Å². The Morgan fingerprint density at radius 2 is 0.978 bits per heavy atom. The molecule has 9 aromatic carbocycles. The summed E-state index contributed by atoms with van der Waals surface area (Å²) in [7, 11) is 0. The van der Waals surface area contributed by atoms with Crippen molar-refractivity contribution in [2.24, 2.45) is 0 Å². The molecule has 0 spiro atoms. The zero-order chi connectivity index (χ0) is 37.3. The second-order valence-corrected chi connectivity index (χ2v) is 11.3. The maximum atomic E-state index is 9.75. The highest BCUT2D eigenvalue weighted by molar-refractivity contribution is 6.28. The second-order valence-electron chi connectivity index (χ2n) is 11.3. The predicted octanol–water partition coefficient (Wildman–Crippen LogP) is 12.7. The molecule has 0 bridgehead atoms. The van der Waals surface area contributed by atoms with Crippen LogP contribution in [0.15, 0.2) is 162 Å². The Labute approximate surface area is 272 Å². The van der Waals surface area contributed by atoms with E-state index in [0.717, 1.165) is 54.6 Å². The summed E-state index contributed by atoms with van der Waals surface area (Å²) in [6.45, 7) is 0. The lowest BCUT2D eigenvalue weighted by Gasteiger charge is -2.20. The lowest BCUT2D eigenvalue weighted by Crippen LogP contribution is -1.92. The highest BCUT2D eigenvalue weighted by Crippen LogP contribution is 2.48. The van der Waals surface area contributed by atoms with Crippen LogP contribution in [0.2, 0.25) is 0 Å². The van der Waals surface area contributed by atoms with E-state index in [4.69, 9.17) is 14.0 Å². The molecule has 1 heterocycles. The first-order valence-corrected chi connectivity index (χ1v) is 14.8. The van der Waals surface area contributed by atoms with Crippen LogP contribution in [0.25, 0.3) is 98.1 Å². The largest absolute Gasteiger partial charge is 0.456 e. The molecule has 0 saturated carbocycles. The molecule has 0 saturated heterocycles. The summed E-state index contributed by atoms with van der Waals surface area (Å²) in [4.78, 5) is 0. The molecule has 0 aliphatic heterocycles. The Kier molecular flexibility index (Phi) is 3.59. The molecule has 0 aliphatic rings. The Balaban J connectivity index is 1.43. The third-order valence-corrected chi connectivity index (χ3v) is 8.94. The van der Waals surface area contributed by atoms with Gasteiger partial charge in [-0.05, 0) is 100 Å². The van der Waals surface area contributed by atoms with E-state index in [9.17, 15) is 2.74 Å². The first-order chi connectivity index (χ1) is 26.1. The Morgan fingerprint density at radius 3 is 1.69 bits per heavy atom. The molecule has 0 radical (unpaired) electrons. The quantitative estimate of drug-likeness (QED) is 0.147. The van der Waals surface area contributed by atoms with Gasteiger partial charge in [-0.15, -0.1) is 0 Å². The molecule has 1 nitrogen and oxygen atoms in total. The fourth-order valence-corrected chi connectivity index (χ4v) is 7.06. The molecule has 0 atom stereocenters. The van der Waals surface area contributed by atoms with E-state index in [1.165, 1.54) is 0 Å². The lowest BCUT2D eigenvalue weighted by atomic mass is 9.83. The predicted molar refractivity (Wildman–Crippen MR) is 192 cm³/mol. The van der Waals surface area contributed by atoms with Gasteiger partial charge >= 0.3 is 0 Å². The van der Waals surface area contributed by atoms with Gasteiger partial charge in [0.2, 0.25) is 0 Å². The molecule has 10 aromatic rings. The van der Waals surface area contributed by atoms with Gasteiger partial charge in [-0.1, -0.05) is 133 Å². The summed E-state index contributed by atoms with van der Waals surface area (Å²) in [5.74, 6) is 0. The van der Waals surface area contributed by atoms with E-state index < -0.39 is 42.3 Å². The minimum atomic E-state index is -0.539. The summed E-state index contributed by atoms with van der Waals surface area (Å²) in [5.41, 5.74) is 4.06. The molecular formula is C44H26O. The molecule has 208 valence electrons. The highest BCUT2D eigenvalue weighted by Gasteiger charge is 2.21. The molecule has 1 heteroatoms. The standard InChI is InChI=1S/C44H26O/c1-2-13-28-26-41-39(24-27(28)12-1)44-37(22-11-23-40(44)45-41)42-33-18-7-9-20-35(33)43(36-21-10-8-19-34(36)42)38-25-29-14-3-4-15-30(29)31-16-5-6-17-32(31)38/h1-26H/i3D,4D,5D,6D,14D,15D,16D,17D,25D. The summed E-state index contributed by atoms with van der Waals surface area (Å²) in [5, 5.41) is 6.93. The van der Waals surface area contributed by atoms with Crippen LogP contribution in [-0.2, 0) is 0 Å². The van der Waals surface area contributed by atoms with Gasteiger partial charge in [0.25, 0.3) is 0 Å². The first kappa shape index (κ1) is 17.4. The van der Waals surface area contributed by atoms with Crippen molar-refractivity contribution in [2.75, 3.05) is 0 Å². The highest BCUT2D eigenvalue weighted by atomic mass is 16.3.